The maximum atomic E-state index is 14.3. The summed E-state index contributed by atoms with van der Waals surface area (Å²) < 4.78 is 19.8. The molecule has 0 heterocycles. The Morgan fingerprint density at radius 2 is 2.04 bits per heavy atom. The Labute approximate surface area is 150 Å². The lowest BCUT2D eigenvalue weighted by Crippen LogP contribution is -2.28. The summed E-state index contributed by atoms with van der Waals surface area (Å²) in [5, 5.41) is 0.0941. The van der Waals surface area contributed by atoms with Gasteiger partial charge < -0.3 is 9.64 Å². The molecule has 0 saturated carbocycles. The van der Waals surface area contributed by atoms with Crippen LogP contribution in [0.1, 0.15) is 27.6 Å². The van der Waals surface area contributed by atoms with E-state index in [0.717, 1.165) is 16.5 Å². The van der Waals surface area contributed by atoms with Crippen LogP contribution in [-0.2, 0) is 0 Å². The van der Waals surface area contributed by atoms with E-state index >= 15 is 0 Å². The largest absolute Gasteiger partial charge is 0.488 e. The molecule has 0 fully saturated rings. The van der Waals surface area contributed by atoms with Gasteiger partial charge in [0, 0.05) is 18.7 Å². The first-order valence-corrected chi connectivity index (χ1v) is 7.81. The van der Waals surface area contributed by atoms with Crippen LogP contribution in [0.3, 0.4) is 0 Å². The normalized spacial score (nSPS) is 10.2. The second kappa shape index (κ2) is 7.94. The van der Waals surface area contributed by atoms with Crippen molar-refractivity contribution in [3.05, 3.63) is 70.5 Å². The van der Waals surface area contributed by atoms with Gasteiger partial charge in [0.05, 0.1) is 16.3 Å². The zero-order valence-electron chi connectivity index (χ0n) is 13.9. The number of rotatable bonds is 6. The average Bonchev–Trinajstić information content (AvgIpc) is 2.59. The molecule has 2 aromatic carbocycles. The zero-order valence-corrected chi connectivity index (χ0v) is 14.6. The topological polar surface area (TPSA) is 46.6 Å². The van der Waals surface area contributed by atoms with Crippen LogP contribution in [0.15, 0.2) is 48.6 Å². The molecule has 0 aliphatic heterocycles. The maximum Gasteiger partial charge on any atom is 0.258 e. The number of ether oxygens (including phenoxy) is 1. The molecule has 130 valence electrons. The van der Waals surface area contributed by atoms with Crippen molar-refractivity contribution in [1.29, 1.82) is 0 Å². The zero-order chi connectivity index (χ0) is 18.6. The highest BCUT2D eigenvalue weighted by molar-refractivity contribution is 6.32. The highest BCUT2D eigenvalue weighted by Gasteiger charge is 2.21. The third-order valence-corrected chi connectivity index (χ3v) is 3.75. The smallest absolute Gasteiger partial charge is 0.258 e. The third kappa shape index (κ3) is 4.25. The monoisotopic (exact) mass is 361 g/mol. The number of aldehydes is 1. The SMILES string of the molecule is C=C(C)COc1cc(N(C)C(=O)c2ccccc2C=O)c(F)cc1Cl. The summed E-state index contributed by atoms with van der Waals surface area (Å²) in [4.78, 5) is 24.9. The van der Waals surface area contributed by atoms with E-state index in [-0.39, 0.29) is 34.2 Å². The fourth-order valence-corrected chi connectivity index (χ4v) is 2.38. The van der Waals surface area contributed by atoms with E-state index in [0.29, 0.717) is 6.29 Å². The van der Waals surface area contributed by atoms with Crippen LogP contribution in [-0.4, -0.2) is 25.8 Å². The van der Waals surface area contributed by atoms with Crippen molar-refractivity contribution in [1.82, 2.24) is 0 Å². The second-order valence-corrected chi connectivity index (χ2v) is 5.96. The lowest BCUT2D eigenvalue weighted by Gasteiger charge is -2.20. The molecule has 1 amide bonds. The predicted octanol–water partition coefficient (Wildman–Crippen LogP) is 4.52. The van der Waals surface area contributed by atoms with Crippen molar-refractivity contribution < 1.29 is 18.7 Å². The van der Waals surface area contributed by atoms with Gasteiger partial charge in [0.25, 0.3) is 5.91 Å². The molecular formula is C19H17ClFNO3. The molecule has 2 aromatic rings. The number of hydrogen-bond donors (Lipinski definition) is 0. The molecule has 6 heteroatoms. The lowest BCUT2D eigenvalue weighted by atomic mass is 10.1. The number of carbonyl (C=O) groups is 2. The van der Waals surface area contributed by atoms with E-state index in [4.69, 9.17) is 16.3 Å². The van der Waals surface area contributed by atoms with Crippen LogP contribution in [0.25, 0.3) is 0 Å². The summed E-state index contributed by atoms with van der Waals surface area (Å²) in [6.45, 7) is 5.72. The Morgan fingerprint density at radius 3 is 2.68 bits per heavy atom. The number of nitrogens with zero attached hydrogens (tertiary/aromatic N) is 1. The van der Waals surface area contributed by atoms with E-state index in [2.05, 4.69) is 6.58 Å². The molecule has 0 aliphatic carbocycles. The Balaban J connectivity index is 2.39. The quantitative estimate of drug-likeness (QED) is 0.561. The summed E-state index contributed by atoms with van der Waals surface area (Å²) in [5.74, 6) is -0.953. The summed E-state index contributed by atoms with van der Waals surface area (Å²) in [5.41, 5.74) is 1.17. The first-order chi connectivity index (χ1) is 11.8. The van der Waals surface area contributed by atoms with Gasteiger partial charge in [0.2, 0.25) is 0 Å². The molecule has 0 radical (unpaired) electrons. The van der Waals surface area contributed by atoms with Crippen molar-refractivity contribution >= 4 is 29.5 Å². The van der Waals surface area contributed by atoms with Crippen LogP contribution >= 0.6 is 11.6 Å². The molecule has 0 spiro atoms. The van der Waals surface area contributed by atoms with E-state index in [9.17, 15) is 14.0 Å². The van der Waals surface area contributed by atoms with Crippen LogP contribution < -0.4 is 9.64 Å². The first kappa shape index (κ1) is 18.7. The fraction of sp³-hybridized carbons (Fsp3) is 0.158. The van der Waals surface area contributed by atoms with Gasteiger partial charge >= 0.3 is 0 Å². The number of amides is 1. The molecule has 0 atom stereocenters. The Hall–Kier alpha value is -2.66. The molecule has 4 nitrogen and oxygen atoms in total. The van der Waals surface area contributed by atoms with E-state index in [1.54, 1.807) is 19.1 Å². The minimum absolute atomic E-state index is 0.00758. The Morgan fingerprint density at radius 1 is 1.36 bits per heavy atom. The summed E-state index contributed by atoms with van der Waals surface area (Å²) in [7, 11) is 1.42. The van der Waals surface area contributed by atoms with E-state index in [1.165, 1.54) is 25.2 Å². The summed E-state index contributed by atoms with van der Waals surface area (Å²) >= 11 is 5.99. The number of benzene rings is 2. The third-order valence-electron chi connectivity index (χ3n) is 3.46. The average molecular weight is 362 g/mol. The molecule has 0 saturated heterocycles. The van der Waals surface area contributed by atoms with Crippen molar-refractivity contribution in [2.45, 2.75) is 6.92 Å². The molecule has 0 bridgehead atoms. The highest BCUT2D eigenvalue weighted by atomic mass is 35.5. The van der Waals surface area contributed by atoms with E-state index in [1.807, 2.05) is 0 Å². The number of hydrogen-bond acceptors (Lipinski definition) is 3. The van der Waals surface area contributed by atoms with Gasteiger partial charge in [-0.15, -0.1) is 0 Å². The number of anilines is 1. The van der Waals surface area contributed by atoms with Crippen molar-refractivity contribution in [2.24, 2.45) is 0 Å². The summed E-state index contributed by atoms with van der Waals surface area (Å²) in [6.07, 6.45) is 0.584. The van der Waals surface area contributed by atoms with Crippen LogP contribution in [0.4, 0.5) is 10.1 Å². The van der Waals surface area contributed by atoms with Gasteiger partial charge in [-0.05, 0) is 24.6 Å². The number of carbonyl (C=O) groups excluding carboxylic acids is 2. The van der Waals surface area contributed by atoms with Gasteiger partial charge in [0.15, 0.2) is 6.29 Å². The molecule has 25 heavy (non-hydrogen) atoms. The van der Waals surface area contributed by atoms with Gasteiger partial charge in [-0.25, -0.2) is 4.39 Å². The molecule has 0 aromatic heterocycles. The van der Waals surface area contributed by atoms with Crippen molar-refractivity contribution in [3.63, 3.8) is 0 Å². The van der Waals surface area contributed by atoms with Gasteiger partial charge in [0.1, 0.15) is 18.2 Å². The first-order valence-electron chi connectivity index (χ1n) is 7.43. The van der Waals surface area contributed by atoms with Crippen LogP contribution in [0, 0.1) is 5.82 Å². The molecule has 0 unspecified atom stereocenters. The molecule has 0 N–H and O–H groups in total. The van der Waals surface area contributed by atoms with Crippen molar-refractivity contribution in [2.75, 3.05) is 18.6 Å². The van der Waals surface area contributed by atoms with Gasteiger partial charge in [-0.3, -0.25) is 9.59 Å². The van der Waals surface area contributed by atoms with Crippen molar-refractivity contribution in [3.8, 4) is 5.75 Å². The molecular weight excluding hydrogens is 345 g/mol. The molecule has 2 rings (SSSR count). The second-order valence-electron chi connectivity index (χ2n) is 5.55. The highest BCUT2D eigenvalue weighted by Crippen LogP contribution is 2.33. The molecule has 0 aliphatic rings. The minimum Gasteiger partial charge on any atom is -0.488 e. The van der Waals surface area contributed by atoms with Crippen LogP contribution in [0.5, 0.6) is 5.75 Å². The lowest BCUT2D eigenvalue weighted by molar-refractivity contribution is 0.0985. The van der Waals surface area contributed by atoms with E-state index < -0.39 is 11.7 Å². The van der Waals surface area contributed by atoms with Crippen LogP contribution in [0.2, 0.25) is 5.02 Å². The summed E-state index contributed by atoms with van der Waals surface area (Å²) in [6, 6.07) is 8.74. The minimum atomic E-state index is -0.674. The maximum absolute atomic E-state index is 14.3. The number of halogens is 2. The standard InChI is InChI=1S/C19H17ClFNO3/c1-12(2)11-25-18-9-17(16(21)8-15(18)20)22(3)19(24)14-7-5-4-6-13(14)10-23/h4-10H,1,11H2,2-3H3. The Bertz CT molecular complexity index is 835. The van der Waals surface area contributed by atoms with Gasteiger partial charge in [-0.2, -0.15) is 0 Å². The predicted molar refractivity (Wildman–Crippen MR) is 96.3 cm³/mol. The Kier molecular flexibility index (Phi) is 5.93. The fourth-order valence-electron chi connectivity index (χ4n) is 2.17. The van der Waals surface area contributed by atoms with Gasteiger partial charge in [-0.1, -0.05) is 36.4 Å².